The lowest BCUT2D eigenvalue weighted by Gasteiger charge is -2.02. The van der Waals surface area contributed by atoms with Crippen LogP contribution < -0.4 is 5.32 Å². The number of halogens is 1. The Bertz CT molecular complexity index is 453. The van der Waals surface area contributed by atoms with Crippen LogP contribution in [-0.2, 0) is 13.0 Å². The first-order valence-corrected chi connectivity index (χ1v) is 6.74. The smallest absolute Gasteiger partial charge is 0.126 e. The van der Waals surface area contributed by atoms with Crippen LogP contribution in [0, 0.1) is 0 Å². The van der Waals surface area contributed by atoms with Crippen molar-refractivity contribution in [2.24, 2.45) is 0 Å². The van der Waals surface area contributed by atoms with Gasteiger partial charge in [-0.2, -0.15) is 0 Å². The van der Waals surface area contributed by atoms with E-state index in [9.17, 15) is 0 Å². The molecule has 0 saturated carbocycles. The molecule has 2 heterocycles. The molecule has 0 radical (unpaired) electrons. The molecule has 84 valence electrons. The summed E-state index contributed by atoms with van der Waals surface area (Å²) < 4.78 is 0.986. The summed E-state index contributed by atoms with van der Waals surface area (Å²) in [7, 11) is 0. The Kier molecular flexibility index (Phi) is 3.90. The molecule has 2 aromatic rings. The Balaban J connectivity index is 1.94. The number of nitrogens with one attached hydrogen (secondary N) is 1. The maximum Gasteiger partial charge on any atom is 0.126 e. The molecule has 2 rings (SSSR count). The average molecular weight is 298 g/mol. The van der Waals surface area contributed by atoms with E-state index >= 15 is 0 Å². The number of aromatic nitrogens is 2. The third-order valence-corrected chi connectivity index (χ3v) is 3.59. The van der Waals surface area contributed by atoms with E-state index in [0.717, 1.165) is 29.0 Å². The minimum Gasteiger partial charge on any atom is -0.364 e. The van der Waals surface area contributed by atoms with Gasteiger partial charge in [0.1, 0.15) is 5.82 Å². The van der Waals surface area contributed by atoms with E-state index in [4.69, 9.17) is 0 Å². The van der Waals surface area contributed by atoms with Crippen LogP contribution >= 0.6 is 27.3 Å². The van der Waals surface area contributed by atoms with E-state index in [2.05, 4.69) is 43.5 Å². The van der Waals surface area contributed by atoms with Crippen molar-refractivity contribution in [3.8, 4) is 0 Å². The average Bonchev–Trinajstić information content (AvgIpc) is 2.76. The molecule has 0 fully saturated rings. The highest BCUT2D eigenvalue weighted by Gasteiger charge is 2.00. The van der Waals surface area contributed by atoms with Crippen LogP contribution in [0.3, 0.4) is 0 Å². The lowest BCUT2D eigenvalue weighted by Crippen LogP contribution is -2.01. The van der Waals surface area contributed by atoms with E-state index in [1.54, 1.807) is 17.5 Å². The van der Waals surface area contributed by atoms with Gasteiger partial charge in [-0.05, 0) is 34.5 Å². The monoisotopic (exact) mass is 297 g/mol. The molecule has 0 aromatic carbocycles. The van der Waals surface area contributed by atoms with E-state index in [1.165, 1.54) is 5.01 Å². The number of nitrogens with zero attached hydrogens (tertiary/aromatic N) is 2. The highest BCUT2D eigenvalue weighted by Crippen LogP contribution is 2.13. The van der Waals surface area contributed by atoms with Crippen molar-refractivity contribution in [2.75, 3.05) is 5.32 Å². The van der Waals surface area contributed by atoms with Crippen LogP contribution in [0.1, 0.15) is 17.6 Å². The summed E-state index contributed by atoms with van der Waals surface area (Å²) in [5.74, 6) is 0.870. The largest absolute Gasteiger partial charge is 0.364 e. The van der Waals surface area contributed by atoms with Crippen molar-refractivity contribution in [1.29, 1.82) is 0 Å². The van der Waals surface area contributed by atoms with E-state index in [0.29, 0.717) is 0 Å². The normalized spacial score (nSPS) is 10.4. The maximum absolute atomic E-state index is 4.48. The van der Waals surface area contributed by atoms with Crippen molar-refractivity contribution in [3.63, 3.8) is 0 Å². The minimum atomic E-state index is 0.727. The van der Waals surface area contributed by atoms with E-state index in [1.807, 2.05) is 12.1 Å². The van der Waals surface area contributed by atoms with Crippen LogP contribution in [-0.4, -0.2) is 9.97 Å². The number of hydrogen-bond acceptors (Lipinski definition) is 4. The SMILES string of the molecule is CCc1nc(CNc2ccc(Br)cn2)cs1. The van der Waals surface area contributed by atoms with Crippen LogP contribution in [0.5, 0.6) is 0 Å². The summed E-state index contributed by atoms with van der Waals surface area (Å²) in [5, 5.41) is 6.51. The highest BCUT2D eigenvalue weighted by molar-refractivity contribution is 9.10. The predicted octanol–water partition coefficient (Wildman–Crippen LogP) is 3.48. The lowest BCUT2D eigenvalue weighted by atomic mass is 10.4. The third kappa shape index (κ3) is 3.02. The van der Waals surface area contributed by atoms with E-state index < -0.39 is 0 Å². The molecule has 5 heteroatoms. The first-order valence-electron chi connectivity index (χ1n) is 5.06. The molecule has 0 aliphatic rings. The zero-order valence-electron chi connectivity index (χ0n) is 8.90. The summed E-state index contributed by atoms with van der Waals surface area (Å²) in [6.45, 7) is 2.84. The molecule has 3 nitrogen and oxygen atoms in total. The van der Waals surface area contributed by atoms with Gasteiger partial charge in [-0.1, -0.05) is 6.92 Å². The van der Waals surface area contributed by atoms with Gasteiger partial charge < -0.3 is 5.32 Å². The van der Waals surface area contributed by atoms with Crippen molar-refractivity contribution in [2.45, 2.75) is 19.9 Å². The number of thiazole rings is 1. The molecule has 0 bridgehead atoms. The van der Waals surface area contributed by atoms with Gasteiger partial charge in [0.05, 0.1) is 17.2 Å². The number of anilines is 1. The molecule has 0 aliphatic carbocycles. The Morgan fingerprint density at radius 3 is 2.94 bits per heavy atom. The highest BCUT2D eigenvalue weighted by atomic mass is 79.9. The summed E-state index contributed by atoms with van der Waals surface area (Å²) in [6.07, 6.45) is 2.78. The number of hydrogen-bond donors (Lipinski definition) is 1. The van der Waals surface area contributed by atoms with Crippen LogP contribution in [0.15, 0.2) is 28.2 Å². The van der Waals surface area contributed by atoms with Gasteiger partial charge in [-0.15, -0.1) is 11.3 Å². The van der Waals surface area contributed by atoms with Crippen molar-refractivity contribution in [1.82, 2.24) is 9.97 Å². The first-order chi connectivity index (χ1) is 7.78. The fourth-order valence-electron chi connectivity index (χ4n) is 1.25. The third-order valence-electron chi connectivity index (χ3n) is 2.08. The fourth-order valence-corrected chi connectivity index (χ4v) is 2.23. The second-order valence-electron chi connectivity index (χ2n) is 3.30. The molecular weight excluding hydrogens is 286 g/mol. The van der Waals surface area contributed by atoms with Crippen molar-refractivity contribution >= 4 is 33.1 Å². The zero-order chi connectivity index (χ0) is 11.4. The van der Waals surface area contributed by atoms with E-state index in [-0.39, 0.29) is 0 Å². The van der Waals surface area contributed by atoms with Gasteiger partial charge in [-0.25, -0.2) is 9.97 Å². The fraction of sp³-hybridized carbons (Fsp3) is 0.273. The lowest BCUT2D eigenvalue weighted by molar-refractivity contribution is 1.00. The summed E-state index contributed by atoms with van der Waals surface area (Å²) in [5.41, 5.74) is 1.08. The Labute approximate surface area is 107 Å². The molecule has 0 saturated heterocycles. The summed E-state index contributed by atoms with van der Waals surface area (Å²) >= 11 is 5.06. The molecule has 0 amide bonds. The molecule has 2 aromatic heterocycles. The molecule has 0 atom stereocenters. The zero-order valence-corrected chi connectivity index (χ0v) is 11.3. The van der Waals surface area contributed by atoms with Gasteiger partial charge in [0.15, 0.2) is 0 Å². The van der Waals surface area contributed by atoms with Crippen LogP contribution in [0.25, 0.3) is 0 Å². The molecule has 1 N–H and O–H groups in total. The van der Waals surface area contributed by atoms with Gasteiger partial charge in [0.25, 0.3) is 0 Å². The Morgan fingerprint density at radius 2 is 2.31 bits per heavy atom. The number of aryl methyl sites for hydroxylation is 1. The maximum atomic E-state index is 4.48. The number of rotatable bonds is 4. The second-order valence-corrected chi connectivity index (χ2v) is 5.16. The Hall–Kier alpha value is -0.940. The molecule has 0 unspecified atom stereocenters. The van der Waals surface area contributed by atoms with Crippen molar-refractivity contribution < 1.29 is 0 Å². The molecule has 0 aliphatic heterocycles. The number of pyridine rings is 1. The second kappa shape index (κ2) is 5.41. The predicted molar refractivity (Wildman–Crippen MR) is 70.8 cm³/mol. The van der Waals surface area contributed by atoms with Gasteiger partial charge >= 0.3 is 0 Å². The molecule has 16 heavy (non-hydrogen) atoms. The minimum absolute atomic E-state index is 0.727. The first kappa shape index (κ1) is 11.5. The topological polar surface area (TPSA) is 37.8 Å². The molecule has 0 spiro atoms. The van der Waals surface area contributed by atoms with Gasteiger partial charge in [0, 0.05) is 16.0 Å². The van der Waals surface area contributed by atoms with Crippen LogP contribution in [0.4, 0.5) is 5.82 Å². The quantitative estimate of drug-likeness (QED) is 0.939. The van der Waals surface area contributed by atoms with Gasteiger partial charge in [0.2, 0.25) is 0 Å². The van der Waals surface area contributed by atoms with Crippen molar-refractivity contribution in [3.05, 3.63) is 38.9 Å². The van der Waals surface area contributed by atoms with Gasteiger partial charge in [-0.3, -0.25) is 0 Å². The molecular formula is C11H12BrN3S. The Morgan fingerprint density at radius 1 is 1.44 bits per heavy atom. The summed E-state index contributed by atoms with van der Waals surface area (Å²) in [4.78, 5) is 8.72. The standard InChI is InChI=1S/C11H12BrN3S/c1-2-11-15-9(7-16-11)6-14-10-4-3-8(12)5-13-10/h3-5,7H,2,6H2,1H3,(H,13,14). The summed E-state index contributed by atoms with van der Waals surface area (Å²) in [6, 6.07) is 3.91. The van der Waals surface area contributed by atoms with Crippen LogP contribution in [0.2, 0.25) is 0 Å².